The maximum Gasteiger partial charge on any atom is 0.264 e. The van der Waals surface area contributed by atoms with Crippen molar-refractivity contribution in [3.8, 4) is 0 Å². The molecule has 2 saturated carbocycles. The Balaban J connectivity index is 0.000000924. The number of amides is 1. The van der Waals surface area contributed by atoms with Crippen LogP contribution < -0.4 is 5.84 Å². The van der Waals surface area contributed by atoms with Gasteiger partial charge in [0.2, 0.25) is 0 Å². The summed E-state index contributed by atoms with van der Waals surface area (Å²) in [5, 5.41) is 11.9. The molecule has 2 aliphatic carbocycles. The van der Waals surface area contributed by atoms with Gasteiger partial charge in [0, 0.05) is 6.61 Å². The molecule has 6 heteroatoms. The summed E-state index contributed by atoms with van der Waals surface area (Å²) in [6.07, 6.45) is 2.00. The second kappa shape index (κ2) is 6.37. The van der Waals surface area contributed by atoms with Gasteiger partial charge in [-0.3, -0.25) is 9.80 Å². The molecule has 4 unspecified atom stereocenters. The first-order chi connectivity index (χ1) is 10.7. The van der Waals surface area contributed by atoms with Crippen LogP contribution in [0.15, 0.2) is 4.99 Å². The van der Waals surface area contributed by atoms with Crippen molar-refractivity contribution >= 4 is 22.8 Å². The van der Waals surface area contributed by atoms with Crippen LogP contribution in [0.2, 0.25) is 0 Å². The number of hydrogen-bond donors (Lipinski definition) is 2. The Labute approximate surface area is 144 Å². The van der Waals surface area contributed by atoms with Crippen LogP contribution in [0.3, 0.4) is 0 Å². The third-order valence-electron chi connectivity index (χ3n) is 6.10. The van der Waals surface area contributed by atoms with Gasteiger partial charge in [0.25, 0.3) is 5.91 Å². The number of aliphatic hydroxyl groups is 1. The lowest BCUT2D eigenvalue weighted by Gasteiger charge is -2.30. The lowest BCUT2D eigenvalue weighted by atomic mass is 9.93. The van der Waals surface area contributed by atoms with Crippen LogP contribution in [0.25, 0.3) is 0 Å². The molecule has 5 atom stereocenters. The number of rotatable bonds is 3. The van der Waals surface area contributed by atoms with E-state index in [9.17, 15) is 9.90 Å². The Bertz CT molecular complexity index is 510. The van der Waals surface area contributed by atoms with Crippen molar-refractivity contribution in [2.24, 2.45) is 34.0 Å². The van der Waals surface area contributed by atoms with Gasteiger partial charge in [0.15, 0.2) is 5.17 Å². The van der Waals surface area contributed by atoms with Gasteiger partial charge in [0.05, 0.1) is 6.04 Å². The summed E-state index contributed by atoms with van der Waals surface area (Å²) < 4.78 is -0.505. The average Bonchev–Trinajstić information content (AvgIpc) is 2.98. The second-order valence-electron chi connectivity index (χ2n) is 7.47. The highest BCUT2D eigenvalue weighted by Gasteiger charge is 2.65. The van der Waals surface area contributed by atoms with E-state index in [4.69, 9.17) is 5.84 Å². The summed E-state index contributed by atoms with van der Waals surface area (Å²) in [5.74, 6) is 7.28. The minimum atomic E-state index is -0.505. The first-order valence-corrected chi connectivity index (χ1v) is 9.52. The maximum atomic E-state index is 12.2. The number of carbonyl (C=O) groups is 1. The van der Waals surface area contributed by atoms with Crippen molar-refractivity contribution in [1.29, 1.82) is 0 Å². The largest absolute Gasteiger partial charge is 0.396 e. The summed E-state index contributed by atoms with van der Waals surface area (Å²) in [6, 6.07) is 0.195. The van der Waals surface area contributed by atoms with E-state index in [1.54, 1.807) is 5.01 Å². The highest BCUT2D eigenvalue weighted by Crippen LogP contribution is 2.67. The molecule has 0 bridgehead atoms. The van der Waals surface area contributed by atoms with Gasteiger partial charge < -0.3 is 5.11 Å². The number of hydrogen-bond acceptors (Lipinski definition) is 5. The molecule has 1 aliphatic heterocycles. The van der Waals surface area contributed by atoms with E-state index in [0.29, 0.717) is 17.0 Å². The Kier molecular flexibility index (Phi) is 5.19. The van der Waals surface area contributed by atoms with E-state index in [-0.39, 0.29) is 29.9 Å². The van der Waals surface area contributed by atoms with Crippen molar-refractivity contribution in [1.82, 2.24) is 5.01 Å². The predicted molar refractivity (Wildman–Crippen MR) is 95.8 cm³/mol. The Morgan fingerprint density at radius 3 is 2.48 bits per heavy atom. The first kappa shape index (κ1) is 18.7. The van der Waals surface area contributed by atoms with Gasteiger partial charge >= 0.3 is 0 Å². The topological polar surface area (TPSA) is 78.9 Å². The molecule has 0 aromatic rings. The third-order valence-corrected chi connectivity index (χ3v) is 7.65. The van der Waals surface area contributed by atoms with Gasteiger partial charge in [-0.25, -0.2) is 5.84 Å². The van der Waals surface area contributed by atoms with E-state index in [2.05, 4.69) is 11.9 Å². The molecular weight excluding hydrogens is 310 g/mol. The lowest BCUT2D eigenvalue weighted by Crippen LogP contribution is -2.45. The Morgan fingerprint density at radius 1 is 1.43 bits per heavy atom. The Hall–Kier alpha value is -0.590. The zero-order valence-electron chi connectivity index (χ0n) is 15.2. The average molecular weight is 342 g/mol. The molecule has 132 valence electrons. The molecule has 3 N–H and O–H groups in total. The fraction of sp³-hybridized carbons (Fsp3) is 0.882. The third kappa shape index (κ3) is 2.83. The van der Waals surface area contributed by atoms with Crippen LogP contribution in [0.4, 0.5) is 0 Å². The minimum Gasteiger partial charge on any atom is -0.396 e. The molecule has 0 spiro atoms. The number of aliphatic imine (C=N–C) groups is 1. The molecule has 5 nitrogen and oxygen atoms in total. The zero-order valence-corrected chi connectivity index (χ0v) is 16.0. The van der Waals surface area contributed by atoms with Crippen LogP contribution in [0, 0.1) is 23.2 Å². The summed E-state index contributed by atoms with van der Waals surface area (Å²) in [5.41, 5.74) is 0.228. The number of thioether (sulfide) groups is 1. The van der Waals surface area contributed by atoms with Crippen molar-refractivity contribution in [3.05, 3.63) is 0 Å². The fourth-order valence-electron chi connectivity index (χ4n) is 3.85. The molecule has 1 amide bonds. The monoisotopic (exact) mass is 341 g/mol. The lowest BCUT2D eigenvalue weighted by molar-refractivity contribution is -0.120. The quantitative estimate of drug-likeness (QED) is 0.609. The number of amidine groups is 1. The SMILES string of the molecule is CC.CC(C)C1(C)SC(N(N)C2CC(CO)C3(C)C[C@@H]23)=NC1=O. The molecule has 0 saturated heterocycles. The molecule has 0 aromatic carbocycles. The molecule has 0 radical (unpaired) electrons. The second-order valence-corrected chi connectivity index (χ2v) is 8.89. The van der Waals surface area contributed by atoms with E-state index < -0.39 is 4.75 Å². The number of fused-ring (bicyclic) bond motifs is 1. The molecule has 0 aromatic heterocycles. The first-order valence-electron chi connectivity index (χ1n) is 8.71. The highest BCUT2D eigenvalue weighted by atomic mass is 32.2. The summed E-state index contributed by atoms with van der Waals surface area (Å²) >= 11 is 1.49. The van der Waals surface area contributed by atoms with Crippen molar-refractivity contribution in [2.45, 2.75) is 65.2 Å². The number of aliphatic hydroxyl groups excluding tert-OH is 1. The van der Waals surface area contributed by atoms with Crippen LogP contribution in [-0.4, -0.2) is 38.6 Å². The molecule has 2 fully saturated rings. The molecule has 23 heavy (non-hydrogen) atoms. The van der Waals surface area contributed by atoms with E-state index in [1.165, 1.54) is 11.8 Å². The van der Waals surface area contributed by atoms with Crippen LogP contribution in [0.5, 0.6) is 0 Å². The zero-order chi connectivity index (χ0) is 17.6. The van der Waals surface area contributed by atoms with Crippen molar-refractivity contribution in [2.75, 3.05) is 6.61 Å². The summed E-state index contributed by atoms with van der Waals surface area (Å²) in [7, 11) is 0. The number of nitrogens with two attached hydrogens (primary N) is 1. The highest BCUT2D eigenvalue weighted by molar-refractivity contribution is 8.16. The van der Waals surface area contributed by atoms with Crippen molar-refractivity contribution in [3.63, 3.8) is 0 Å². The summed E-state index contributed by atoms with van der Waals surface area (Å²) in [6.45, 7) is 12.5. The number of nitrogens with zero attached hydrogens (tertiary/aromatic N) is 2. The molecule has 1 heterocycles. The van der Waals surface area contributed by atoms with Gasteiger partial charge in [-0.15, -0.1) is 0 Å². The smallest absolute Gasteiger partial charge is 0.264 e. The minimum absolute atomic E-state index is 0.0804. The molecule has 3 aliphatic rings. The molecular formula is C17H31N3O2S. The van der Waals surface area contributed by atoms with Crippen LogP contribution >= 0.6 is 11.8 Å². The van der Waals surface area contributed by atoms with E-state index in [1.807, 2.05) is 34.6 Å². The molecule has 3 rings (SSSR count). The Morgan fingerprint density at radius 2 is 2.04 bits per heavy atom. The standard InChI is InChI=1S/C15H25N3O2S.C2H6/c1-8(2)15(4)12(20)17-13(21-15)18(16)11-5-9(7-19)14(3)6-10(11)14;1-2/h8-11,19H,5-7,16H2,1-4H3;1-2H3/t9?,10-,11?,14?,15?;/m0./s1. The van der Waals surface area contributed by atoms with Gasteiger partial charge in [0.1, 0.15) is 4.75 Å². The van der Waals surface area contributed by atoms with Gasteiger partial charge in [-0.1, -0.05) is 46.4 Å². The van der Waals surface area contributed by atoms with E-state index >= 15 is 0 Å². The summed E-state index contributed by atoms with van der Waals surface area (Å²) in [4.78, 5) is 16.4. The van der Waals surface area contributed by atoms with Crippen molar-refractivity contribution < 1.29 is 9.90 Å². The van der Waals surface area contributed by atoms with Crippen LogP contribution in [-0.2, 0) is 4.79 Å². The van der Waals surface area contributed by atoms with Gasteiger partial charge in [-0.05, 0) is 42.9 Å². The number of hydrazine groups is 1. The predicted octanol–water partition coefficient (Wildman–Crippen LogP) is 2.64. The van der Waals surface area contributed by atoms with Crippen LogP contribution in [0.1, 0.15) is 54.4 Å². The van der Waals surface area contributed by atoms with E-state index in [0.717, 1.165) is 12.8 Å². The number of carbonyl (C=O) groups excluding carboxylic acids is 1. The van der Waals surface area contributed by atoms with Gasteiger partial charge in [-0.2, -0.15) is 4.99 Å². The normalized spacial score (nSPS) is 41.3. The maximum absolute atomic E-state index is 12.2. The fourth-order valence-corrected chi connectivity index (χ4v) is 4.96.